The Morgan fingerprint density at radius 1 is 1.10 bits per heavy atom. The van der Waals surface area contributed by atoms with Gasteiger partial charge in [0.2, 0.25) is 0 Å². The average molecular weight is 454 g/mol. The van der Waals surface area contributed by atoms with Crippen LogP contribution >= 0.6 is 12.4 Å². The van der Waals surface area contributed by atoms with Crippen LogP contribution in [-0.4, -0.2) is 71.2 Å². The van der Waals surface area contributed by atoms with Gasteiger partial charge >= 0.3 is 6.03 Å². The Bertz CT molecular complexity index is 970. The van der Waals surface area contributed by atoms with E-state index in [4.69, 9.17) is 11.1 Å². The zero-order valence-electron chi connectivity index (χ0n) is 17.1. The SMILES string of the molecule is CN(CCC(=N)N)C(=O)c1cc(N(C)C(=O)c2cc(NC(=O)N(C)N=O)c[nH]2)c[nH]1.Cl. The number of aromatic nitrogens is 2. The molecule has 0 spiro atoms. The van der Waals surface area contributed by atoms with E-state index < -0.39 is 11.9 Å². The van der Waals surface area contributed by atoms with Gasteiger partial charge < -0.3 is 30.8 Å². The van der Waals surface area contributed by atoms with Crippen LogP contribution in [0, 0.1) is 10.3 Å². The highest BCUT2D eigenvalue weighted by molar-refractivity contribution is 6.06. The van der Waals surface area contributed by atoms with Crippen LogP contribution in [0.4, 0.5) is 16.2 Å². The van der Waals surface area contributed by atoms with Gasteiger partial charge in [-0.15, -0.1) is 17.3 Å². The topological polar surface area (TPSA) is 184 Å². The highest BCUT2D eigenvalue weighted by atomic mass is 35.5. The molecule has 0 bridgehead atoms. The summed E-state index contributed by atoms with van der Waals surface area (Å²) < 4.78 is 0. The third kappa shape index (κ3) is 6.30. The van der Waals surface area contributed by atoms with E-state index in [2.05, 4.69) is 20.6 Å². The van der Waals surface area contributed by atoms with Gasteiger partial charge in [-0.1, -0.05) is 0 Å². The number of nitrogens with zero attached hydrogens (tertiary/aromatic N) is 4. The van der Waals surface area contributed by atoms with Gasteiger partial charge in [0.05, 0.1) is 22.5 Å². The molecule has 0 atom stereocenters. The first-order chi connectivity index (χ1) is 14.1. The third-order valence-electron chi connectivity index (χ3n) is 4.23. The fourth-order valence-corrected chi connectivity index (χ4v) is 2.42. The molecule has 2 heterocycles. The van der Waals surface area contributed by atoms with Crippen molar-refractivity contribution in [3.05, 3.63) is 40.8 Å². The van der Waals surface area contributed by atoms with Crippen LogP contribution in [0.2, 0.25) is 0 Å². The number of nitrogens with two attached hydrogens (primary N) is 1. The number of anilines is 2. The maximum atomic E-state index is 12.7. The van der Waals surface area contributed by atoms with Crippen molar-refractivity contribution in [2.24, 2.45) is 11.0 Å². The molecule has 2 aromatic rings. The van der Waals surface area contributed by atoms with Crippen LogP contribution in [0.15, 0.2) is 29.8 Å². The lowest BCUT2D eigenvalue weighted by molar-refractivity contribution is 0.0793. The highest BCUT2D eigenvalue weighted by Gasteiger charge is 2.20. The van der Waals surface area contributed by atoms with Crippen molar-refractivity contribution in [1.82, 2.24) is 19.9 Å². The molecule has 0 saturated heterocycles. The standard InChI is InChI=1S/C17H23N9O4.ClH/c1-24(5-4-14(18)19)15(27)13-7-11(9-21-13)25(2)16(28)12-6-10(8-20-12)22-17(29)26(3)23-30;/h6-9,20-21H,4-5H2,1-3H3,(H3,18,19)(H,22,29);1H. The molecular weight excluding hydrogens is 430 g/mol. The maximum absolute atomic E-state index is 12.7. The number of aromatic amines is 2. The molecule has 0 radical (unpaired) electrons. The van der Waals surface area contributed by atoms with E-state index in [1.807, 2.05) is 0 Å². The second-order valence-corrected chi connectivity index (χ2v) is 6.48. The van der Waals surface area contributed by atoms with Crippen LogP contribution < -0.4 is 16.0 Å². The van der Waals surface area contributed by atoms with Gasteiger partial charge in [-0.25, -0.2) is 4.79 Å². The predicted molar refractivity (Wildman–Crippen MR) is 118 cm³/mol. The summed E-state index contributed by atoms with van der Waals surface area (Å²) >= 11 is 0. The lowest BCUT2D eigenvalue weighted by atomic mass is 10.3. The number of urea groups is 1. The lowest BCUT2D eigenvalue weighted by Crippen LogP contribution is -2.30. The number of halogens is 1. The second kappa shape index (κ2) is 10.8. The first-order valence-corrected chi connectivity index (χ1v) is 8.75. The lowest BCUT2D eigenvalue weighted by Gasteiger charge is -2.16. The van der Waals surface area contributed by atoms with Gasteiger partial charge in [-0.2, -0.15) is 5.01 Å². The number of amides is 4. The smallest absolute Gasteiger partial charge is 0.344 e. The number of H-pyrrole nitrogens is 2. The van der Waals surface area contributed by atoms with Crippen molar-refractivity contribution in [2.45, 2.75) is 6.42 Å². The molecule has 0 unspecified atom stereocenters. The van der Waals surface area contributed by atoms with E-state index in [1.54, 1.807) is 7.05 Å². The summed E-state index contributed by atoms with van der Waals surface area (Å²) in [5, 5.41) is 12.7. The predicted octanol–water partition coefficient (Wildman–Crippen LogP) is 1.58. The molecular formula is C17H24ClN9O4. The average Bonchev–Trinajstić information content (AvgIpc) is 3.39. The van der Waals surface area contributed by atoms with E-state index in [-0.39, 0.29) is 47.6 Å². The van der Waals surface area contributed by atoms with Crippen LogP contribution in [0.5, 0.6) is 0 Å². The van der Waals surface area contributed by atoms with Crippen molar-refractivity contribution >= 4 is 47.5 Å². The van der Waals surface area contributed by atoms with Crippen molar-refractivity contribution in [1.29, 1.82) is 5.41 Å². The first kappa shape index (κ1) is 25.2. The minimum absolute atomic E-state index is 0. The molecule has 0 aliphatic heterocycles. The van der Waals surface area contributed by atoms with Crippen LogP contribution in [0.1, 0.15) is 27.4 Å². The summed E-state index contributed by atoms with van der Waals surface area (Å²) in [6, 6.07) is 2.18. The van der Waals surface area contributed by atoms with E-state index in [0.717, 1.165) is 0 Å². The molecule has 0 aromatic carbocycles. The Kier molecular flexibility index (Phi) is 8.75. The summed E-state index contributed by atoms with van der Waals surface area (Å²) in [6.07, 6.45) is 3.17. The van der Waals surface area contributed by atoms with Crippen molar-refractivity contribution in [2.75, 3.05) is 37.9 Å². The van der Waals surface area contributed by atoms with E-state index >= 15 is 0 Å². The van der Waals surface area contributed by atoms with Gasteiger partial charge in [0.1, 0.15) is 11.4 Å². The molecule has 2 rings (SSSR count). The molecule has 168 valence electrons. The largest absolute Gasteiger partial charge is 0.388 e. The fourth-order valence-electron chi connectivity index (χ4n) is 2.42. The number of carbonyl (C=O) groups is 3. The Morgan fingerprint density at radius 2 is 1.71 bits per heavy atom. The Morgan fingerprint density at radius 3 is 2.32 bits per heavy atom. The van der Waals surface area contributed by atoms with Gasteiger partial charge in [-0.3, -0.25) is 15.0 Å². The van der Waals surface area contributed by atoms with E-state index in [9.17, 15) is 19.3 Å². The molecule has 4 amide bonds. The molecule has 31 heavy (non-hydrogen) atoms. The quantitative estimate of drug-likeness (QED) is 0.175. The number of rotatable bonds is 8. The van der Waals surface area contributed by atoms with Crippen LogP contribution in [-0.2, 0) is 0 Å². The summed E-state index contributed by atoms with van der Waals surface area (Å²) in [4.78, 5) is 55.4. The number of hydrogen-bond acceptors (Lipinski definition) is 6. The second-order valence-electron chi connectivity index (χ2n) is 6.48. The first-order valence-electron chi connectivity index (χ1n) is 8.75. The Hall–Kier alpha value is -3.87. The molecule has 0 fully saturated rings. The van der Waals surface area contributed by atoms with Crippen molar-refractivity contribution in [3.8, 4) is 0 Å². The summed E-state index contributed by atoms with van der Waals surface area (Å²) in [5.74, 6) is -0.732. The number of hydrogen-bond donors (Lipinski definition) is 5. The van der Waals surface area contributed by atoms with Crippen molar-refractivity contribution < 1.29 is 14.4 Å². The number of nitrogens with one attached hydrogen (secondary N) is 4. The molecule has 0 aliphatic carbocycles. The third-order valence-corrected chi connectivity index (χ3v) is 4.23. The van der Waals surface area contributed by atoms with Gasteiger partial charge in [0.15, 0.2) is 0 Å². The van der Waals surface area contributed by atoms with E-state index in [0.29, 0.717) is 17.2 Å². The number of nitroso groups, excluding NO2 is 1. The van der Waals surface area contributed by atoms with Gasteiger partial charge in [0, 0.05) is 46.5 Å². The van der Waals surface area contributed by atoms with Crippen molar-refractivity contribution in [3.63, 3.8) is 0 Å². The number of carbonyl (C=O) groups excluding carboxylic acids is 3. The summed E-state index contributed by atoms with van der Waals surface area (Å²) in [5.41, 5.74) is 6.50. The summed E-state index contributed by atoms with van der Waals surface area (Å²) in [7, 11) is 4.31. The van der Waals surface area contributed by atoms with Crippen LogP contribution in [0.3, 0.4) is 0 Å². The van der Waals surface area contributed by atoms with Gasteiger partial charge in [-0.05, 0) is 12.1 Å². The normalized spacial score (nSPS) is 9.90. The Labute approximate surface area is 183 Å². The monoisotopic (exact) mass is 453 g/mol. The zero-order valence-corrected chi connectivity index (χ0v) is 17.9. The molecule has 6 N–H and O–H groups in total. The molecule has 2 aromatic heterocycles. The fraction of sp³-hybridized carbons (Fsp3) is 0.294. The minimum Gasteiger partial charge on any atom is -0.388 e. The molecule has 13 nitrogen and oxygen atoms in total. The molecule has 14 heteroatoms. The summed E-state index contributed by atoms with van der Waals surface area (Å²) in [6.45, 7) is 0.295. The molecule has 0 saturated carbocycles. The van der Waals surface area contributed by atoms with Gasteiger partial charge in [0.25, 0.3) is 11.8 Å². The highest BCUT2D eigenvalue weighted by Crippen LogP contribution is 2.19. The van der Waals surface area contributed by atoms with E-state index in [1.165, 1.54) is 48.4 Å². The minimum atomic E-state index is -0.751. The Balaban J connectivity index is 0.00000480. The molecule has 0 aliphatic rings. The zero-order chi connectivity index (χ0) is 22.4. The number of amidine groups is 1. The van der Waals surface area contributed by atoms with Crippen LogP contribution in [0.25, 0.3) is 0 Å². The maximum Gasteiger partial charge on any atom is 0.344 e.